The van der Waals surface area contributed by atoms with Crippen LogP contribution in [0.4, 0.5) is 4.39 Å². The summed E-state index contributed by atoms with van der Waals surface area (Å²) < 4.78 is 13.1. The topological polar surface area (TPSA) is 20.3 Å². The molecule has 0 radical (unpaired) electrons. The van der Waals surface area contributed by atoms with Gasteiger partial charge in [0.15, 0.2) is 0 Å². The Morgan fingerprint density at radius 1 is 1.08 bits per heavy atom. The Morgan fingerprint density at radius 2 is 1.71 bits per heavy atom. The maximum Gasteiger partial charge on any atom is 0.255 e. The molecule has 0 aliphatic carbocycles. The highest BCUT2D eigenvalue weighted by atomic mass is 32.2. The highest BCUT2D eigenvalue weighted by Crippen LogP contribution is 2.38. The van der Waals surface area contributed by atoms with Gasteiger partial charge in [-0.1, -0.05) is 45.0 Å². The minimum absolute atomic E-state index is 0.0368. The van der Waals surface area contributed by atoms with Gasteiger partial charge in [0.1, 0.15) is 11.2 Å². The minimum Gasteiger partial charge on any atom is -0.322 e. The van der Waals surface area contributed by atoms with Gasteiger partial charge in [-0.25, -0.2) is 4.39 Å². The summed E-state index contributed by atoms with van der Waals surface area (Å²) in [6, 6.07) is 14.3. The molecule has 2 aromatic carbocycles. The van der Waals surface area contributed by atoms with E-state index in [1.165, 1.54) is 17.7 Å². The summed E-state index contributed by atoms with van der Waals surface area (Å²) in [5.41, 5.74) is 2.96. The molecule has 0 saturated carbocycles. The second-order valence-electron chi connectivity index (χ2n) is 7.10. The van der Waals surface area contributed by atoms with Crippen molar-refractivity contribution in [2.45, 2.75) is 31.6 Å². The molecule has 0 aromatic heterocycles. The van der Waals surface area contributed by atoms with E-state index in [1.54, 1.807) is 23.9 Å². The molecular formula is C20H22FNOS. The molecule has 1 amide bonds. The summed E-state index contributed by atoms with van der Waals surface area (Å²) in [5, 5.41) is -0.0413. The zero-order chi connectivity index (χ0) is 17.3. The van der Waals surface area contributed by atoms with E-state index in [9.17, 15) is 9.18 Å². The molecule has 1 saturated heterocycles. The molecule has 1 unspecified atom stereocenters. The lowest BCUT2D eigenvalue weighted by Crippen LogP contribution is -2.30. The smallest absolute Gasteiger partial charge is 0.255 e. The van der Waals surface area contributed by atoms with Crippen LogP contribution in [0, 0.1) is 5.82 Å². The lowest BCUT2D eigenvalue weighted by Gasteiger charge is -2.25. The fourth-order valence-electron chi connectivity index (χ4n) is 2.86. The lowest BCUT2D eigenvalue weighted by molar-refractivity contribution is 0.0760. The average Bonchev–Trinajstić information content (AvgIpc) is 3.04. The third-order valence-electron chi connectivity index (χ3n) is 4.30. The van der Waals surface area contributed by atoms with Crippen molar-refractivity contribution >= 4 is 17.7 Å². The summed E-state index contributed by atoms with van der Waals surface area (Å²) in [7, 11) is 0. The number of rotatable bonds is 2. The number of carbonyl (C=O) groups excluding carboxylic acids is 1. The Hall–Kier alpha value is -1.81. The number of nitrogens with zero attached hydrogens (tertiary/aromatic N) is 1. The number of carbonyl (C=O) groups is 1. The highest BCUT2D eigenvalue weighted by Gasteiger charge is 2.31. The second kappa shape index (κ2) is 6.60. The largest absolute Gasteiger partial charge is 0.322 e. The summed E-state index contributed by atoms with van der Waals surface area (Å²) >= 11 is 1.72. The van der Waals surface area contributed by atoms with Gasteiger partial charge >= 0.3 is 0 Å². The SMILES string of the molecule is CC(C)(C)c1ccc(C(=O)N2CCSC2c2ccc(F)cc2)cc1. The standard InChI is InChI=1S/C20H22FNOS/c1-20(2,3)16-8-4-14(5-9-16)18(23)22-12-13-24-19(22)15-6-10-17(21)11-7-15/h4-11,19H,12-13H2,1-3H3. The third-order valence-corrected chi connectivity index (χ3v) is 5.57. The van der Waals surface area contributed by atoms with E-state index in [4.69, 9.17) is 0 Å². The fraction of sp³-hybridized carbons (Fsp3) is 0.350. The summed E-state index contributed by atoms with van der Waals surface area (Å²) in [6.45, 7) is 7.19. The number of hydrogen-bond donors (Lipinski definition) is 0. The first-order valence-corrected chi connectivity index (χ1v) is 9.20. The number of amides is 1. The molecule has 1 aliphatic heterocycles. The van der Waals surface area contributed by atoms with Crippen LogP contribution in [-0.4, -0.2) is 23.1 Å². The predicted molar refractivity (Wildman–Crippen MR) is 97.8 cm³/mol. The molecule has 1 heterocycles. The van der Waals surface area contributed by atoms with Gasteiger partial charge in [0, 0.05) is 17.9 Å². The molecule has 0 spiro atoms. The van der Waals surface area contributed by atoms with Crippen LogP contribution in [-0.2, 0) is 5.41 Å². The van der Waals surface area contributed by atoms with E-state index in [1.807, 2.05) is 29.2 Å². The monoisotopic (exact) mass is 343 g/mol. The van der Waals surface area contributed by atoms with Crippen LogP contribution in [0.2, 0.25) is 0 Å². The number of benzene rings is 2. The van der Waals surface area contributed by atoms with Crippen LogP contribution in [0.25, 0.3) is 0 Å². The van der Waals surface area contributed by atoms with Crippen molar-refractivity contribution in [3.63, 3.8) is 0 Å². The molecule has 3 rings (SSSR count). The Kier molecular flexibility index (Phi) is 4.68. The molecule has 1 aliphatic rings. The highest BCUT2D eigenvalue weighted by molar-refractivity contribution is 7.99. The predicted octanol–water partition coefficient (Wildman–Crippen LogP) is 5.01. The minimum atomic E-state index is -0.252. The fourth-order valence-corrected chi connectivity index (χ4v) is 4.12. The lowest BCUT2D eigenvalue weighted by atomic mass is 9.86. The quantitative estimate of drug-likeness (QED) is 0.764. The molecule has 24 heavy (non-hydrogen) atoms. The van der Waals surface area contributed by atoms with Crippen LogP contribution in [0.1, 0.15) is 47.6 Å². The second-order valence-corrected chi connectivity index (χ2v) is 8.29. The first kappa shape index (κ1) is 17.0. The van der Waals surface area contributed by atoms with Crippen molar-refractivity contribution in [2.24, 2.45) is 0 Å². The molecule has 1 fully saturated rings. The summed E-state index contributed by atoms with van der Waals surface area (Å²) in [6.07, 6.45) is 0. The van der Waals surface area contributed by atoms with Gasteiger partial charge in [-0.05, 0) is 40.8 Å². The van der Waals surface area contributed by atoms with Crippen LogP contribution < -0.4 is 0 Å². The van der Waals surface area contributed by atoms with Crippen molar-refractivity contribution in [2.75, 3.05) is 12.3 Å². The zero-order valence-electron chi connectivity index (χ0n) is 14.3. The maximum absolute atomic E-state index is 13.1. The van der Waals surface area contributed by atoms with Gasteiger partial charge in [-0.3, -0.25) is 4.79 Å². The van der Waals surface area contributed by atoms with E-state index in [2.05, 4.69) is 20.8 Å². The first-order chi connectivity index (χ1) is 11.4. The molecule has 0 N–H and O–H groups in total. The van der Waals surface area contributed by atoms with E-state index >= 15 is 0 Å². The average molecular weight is 343 g/mol. The van der Waals surface area contributed by atoms with Gasteiger partial charge in [-0.15, -0.1) is 11.8 Å². The molecule has 2 nitrogen and oxygen atoms in total. The molecule has 126 valence electrons. The van der Waals surface area contributed by atoms with Gasteiger partial charge in [0.05, 0.1) is 0 Å². The van der Waals surface area contributed by atoms with E-state index in [0.29, 0.717) is 12.1 Å². The number of thioether (sulfide) groups is 1. The van der Waals surface area contributed by atoms with Crippen molar-refractivity contribution in [3.05, 3.63) is 71.0 Å². The van der Waals surface area contributed by atoms with Crippen molar-refractivity contribution < 1.29 is 9.18 Å². The molecule has 1 atom stereocenters. The number of hydrogen-bond acceptors (Lipinski definition) is 2. The zero-order valence-corrected chi connectivity index (χ0v) is 15.1. The maximum atomic E-state index is 13.1. The van der Waals surface area contributed by atoms with Crippen molar-refractivity contribution in [1.29, 1.82) is 0 Å². The van der Waals surface area contributed by atoms with Crippen molar-refractivity contribution in [1.82, 2.24) is 4.90 Å². The summed E-state index contributed by atoms with van der Waals surface area (Å²) in [4.78, 5) is 14.8. The molecule has 0 bridgehead atoms. The molecule has 2 aromatic rings. The Bertz CT molecular complexity index is 719. The van der Waals surface area contributed by atoms with Crippen LogP contribution in [0.5, 0.6) is 0 Å². The van der Waals surface area contributed by atoms with Gasteiger partial charge in [0.25, 0.3) is 5.91 Å². The van der Waals surface area contributed by atoms with Crippen molar-refractivity contribution in [3.8, 4) is 0 Å². The Labute approximate surface area is 147 Å². The van der Waals surface area contributed by atoms with E-state index < -0.39 is 0 Å². The third kappa shape index (κ3) is 3.48. The van der Waals surface area contributed by atoms with E-state index in [0.717, 1.165) is 11.3 Å². The number of halogens is 1. The Morgan fingerprint density at radius 3 is 2.29 bits per heavy atom. The molecular weight excluding hydrogens is 321 g/mol. The van der Waals surface area contributed by atoms with Crippen LogP contribution in [0.15, 0.2) is 48.5 Å². The summed E-state index contributed by atoms with van der Waals surface area (Å²) in [5.74, 6) is 0.681. The van der Waals surface area contributed by atoms with Gasteiger partial charge in [-0.2, -0.15) is 0 Å². The Balaban J connectivity index is 1.82. The van der Waals surface area contributed by atoms with E-state index in [-0.39, 0.29) is 22.5 Å². The van der Waals surface area contributed by atoms with Crippen LogP contribution >= 0.6 is 11.8 Å². The molecule has 4 heteroatoms. The van der Waals surface area contributed by atoms with Gasteiger partial charge in [0.2, 0.25) is 0 Å². The first-order valence-electron chi connectivity index (χ1n) is 8.15. The van der Waals surface area contributed by atoms with Crippen LogP contribution in [0.3, 0.4) is 0 Å². The normalized spacial score (nSPS) is 18.0. The van der Waals surface area contributed by atoms with Gasteiger partial charge < -0.3 is 4.90 Å².